The predicted molar refractivity (Wildman–Crippen MR) is 63.3 cm³/mol. The Hall–Kier alpha value is -0.960. The maximum atomic E-state index is 12.0. The molecule has 0 unspecified atom stereocenters. The molecule has 3 heterocycles. The average molecular weight is 319 g/mol. The van der Waals surface area contributed by atoms with Crippen molar-refractivity contribution >= 4 is 15.9 Å². The Balaban J connectivity index is 2.04. The first-order chi connectivity index (χ1) is 8.54. The van der Waals surface area contributed by atoms with Crippen LogP contribution in [0.1, 0.15) is 6.23 Å². The lowest BCUT2D eigenvalue weighted by atomic mass is 10.2. The zero-order valence-electron chi connectivity index (χ0n) is 9.45. The standard InChI is InChI=1S/C10H11BrN2O5/c1-12-8(15)4(11)2-13(10(12)16)9-7-6(18-7)5(3-14)17-9/h2,5-7,9,14H,3H2,1H3/t5-,6-,7+,9-/m0/s1. The molecule has 2 aliphatic heterocycles. The fraction of sp³-hybridized carbons (Fsp3) is 0.600. The molecule has 18 heavy (non-hydrogen) atoms. The monoisotopic (exact) mass is 318 g/mol. The third kappa shape index (κ3) is 1.60. The minimum atomic E-state index is -0.595. The quantitative estimate of drug-likeness (QED) is 0.704. The number of nitrogens with zero attached hydrogens (tertiary/aromatic N) is 2. The normalized spacial score (nSPS) is 33.5. The van der Waals surface area contributed by atoms with E-state index in [-0.39, 0.29) is 23.3 Å². The van der Waals surface area contributed by atoms with Crippen LogP contribution in [-0.4, -0.2) is 39.2 Å². The number of halogens is 1. The Morgan fingerprint density at radius 2 is 2.11 bits per heavy atom. The second kappa shape index (κ2) is 4.02. The number of hydrogen-bond acceptors (Lipinski definition) is 5. The molecule has 98 valence electrons. The van der Waals surface area contributed by atoms with Gasteiger partial charge in [0.25, 0.3) is 5.56 Å². The molecule has 2 saturated heterocycles. The number of fused-ring (bicyclic) bond motifs is 1. The van der Waals surface area contributed by atoms with Crippen LogP contribution < -0.4 is 11.2 Å². The largest absolute Gasteiger partial charge is 0.394 e. The summed E-state index contributed by atoms with van der Waals surface area (Å²) in [5.74, 6) is 0. The highest BCUT2D eigenvalue weighted by Gasteiger charge is 2.58. The molecule has 0 bridgehead atoms. The average Bonchev–Trinajstić information content (AvgIpc) is 3.07. The van der Waals surface area contributed by atoms with Crippen molar-refractivity contribution < 1.29 is 14.6 Å². The fourth-order valence-electron chi connectivity index (χ4n) is 2.20. The molecule has 2 fully saturated rings. The third-order valence-electron chi connectivity index (χ3n) is 3.25. The molecule has 2 aliphatic rings. The van der Waals surface area contributed by atoms with E-state index in [4.69, 9.17) is 14.6 Å². The number of epoxide rings is 1. The van der Waals surface area contributed by atoms with Crippen LogP contribution in [0, 0.1) is 0 Å². The van der Waals surface area contributed by atoms with Gasteiger partial charge in [-0.2, -0.15) is 0 Å². The van der Waals surface area contributed by atoms with E-state index in [0.717, 1.165) is 4.57 Å². The van der Waals surface area contributed by atoms with Crippen molar-refractivity contribution in [2.24, 2.45) is 7.05 Å². The Morgan fingerprint density at radius 3 is 2.72 bits per heavy atom. The summed E-state index contributed by atoms with van der Waals surface area (Å²) in [7, 11) is 1.40. The molecule has 4 atom stereocenters. The summed E-state index contributed by atoms with van der Waals surface area (Å²) in [6.45, 7) is -0.153. The zero-order chi connectivity index (χ0) is 13.0. The zero-order valence-corrected chi connectivity index (χ0v) is 11.0. The van der Waals surface area contributed by atoms with E-state index in [2.05, 4.69) is 15.9 Å². The smallest absolute Gasteiger partial charge is 0.332 e. The van der Waals surface area contributed by atoms with Gasteiger partial charge in [-0.05, 0) is 15.9 Å². The second-order valence-corrected chi connectivity index (χ2v) is 5.20. The Kier molecular flexibility index (Phi) is 2.70. The van der Waals surface area contributed by atoms with E-state index in [1.807, 2.05) is 0 Å². The summed E-state index contributed by atoms with van der Waals surface area (Å²) in [5, 5.41) is 9.09. The number of aliphatic hydroxyl groups is 1. The lowest BCUT2D eigenvalue weighted by Gasteiger charge is -2.18. The van der Waals surface area contributed by atoms with Crippen LogP contribution >= 0.6 is 15.9 Å². The summed E-state index contributed by atoms with van der Waals surface area (Å²) >= 11 is 3.11. The van der Waals surface area contributed by atoms with Gasteiger partial charge in [0.15, 0.2) is 6.23 Å². The molecule has 3 rings (SSSR count). The van der Waals surface area contributed by atoms with Crippen molar-refractivity contribution in [2.45, 2.75) is 24.5 Å². The Morgan fingerprint density at radius 1 is 1.39 bits per heavy atom. The first-order valence-electron chi connectivity index (χ1n) is 5.44. The summed E-state index contributed by atoms with van der Waals surface area (Å²) in [6, 6.07) is 0. The molecule has 0 aromatic carbocycles. The molecular weight excluding hydrogens is 308 g/mol. The summed E-state index contributed by atoms with van der Waals surface area (Å²) in [6.07, 6.45) is -0.00814. The van der Waals surface area contributed by atoms with E-state index in [1.165, 1.54) is 17.8 Å². The lowest BCUT2D eigenvalue weighted by molar-refractivity contribution is -0.0860. The van der Waals surface area contributed by atoms with E-state index in [0.29, 0.717) is 0 Å². The van der Waals surface area contributed by atoms with Crippen molar-refractivity contribution in [1.82, 2.24) is 9.13 Å². The van der Waals surface area contributed by atoms with Gasteiger partial charge in [0.2, 0.25) is 0 Å². The lowest BCUT2D eigenvalue weighted by Crippen LogP contribution is -2.41. The molecule has 0 aliphatic carbocycles. The van der Waals surface area contributed by atoms with E-state index >= 15 is 0 Å². The molecule has 0 spiro atoms. The van der Waals surface area contributed by atoms with Gasteiger partial charge >= 0.3 is 5.69 Å². The van der Waals surface area contributed by atoms with Gasteiger partial charge in [-0.3, -0.25) is 13.9 Å². The number of ether oxygens (including phenoxy) is 2. The molecule has 7 nitrogen and oxygen atoms in total. The van der Waals surface area contributed by atoms with Crippen LogP contribution in [0.3, 0.4) is 0 Å². The van der Waals surface area contributed by atoms with Gasteiger partial charge in [0.1, 0.15) is 18.3 Å². The van der Waals surface area contributed by atoms with Crippen LogP contribution in [0.5, 0.6) is 0 Å². The van der Waals surface area contributed by atoms with Crippen LogP contribution in [0.4, 0.5) is 0 Å². The molecule has 0 amide bonds. The summed E-state index contributed by atoms with van der Waals surface area (Å²) in [4.78, 5) is 23.6. The minimum Gasteiger partial charge on any atom is -0.394 e. The van der Waals surface area contributed by atoms with E-state index < -0.39 is 23.6 Å². The maximum Gasteiger partial charge on any atom is 0.332 e. The third-order valence-corrected chi connectivity index (χ3v) is 3.79. The van der Waals surface area contributed by atoms with Crippen LogP contribution in [-0.2, 0) is 16.5 Å². The highest BCUT2D eigenvalue weighted by molar-refractivity contribution is 9.10. The van der Waals surface area contributed by atoms with Crippen molar-refractivity contribution in [3.63, 3.8) is 0 Å². The number of aliphatic hydroxyl groups excluding tert-OH is 1. The molecule has 1 aromatic heterocycles. The molecule has 1 N–H and O–H groups in total. The first-order valence-corrected chi connectivity index (χ1v) is 6.23. The Bertz CT molecular complexity index is 609. The minimum absolute atomic E-state index is 0.153. The predicted octanol–water partition coefficient (Wildman–Crippen LogP) is -1.03. The Labute approximate surface area is 110 Å². The van der Waals surface area contributed by atoms with Crippen LogP contribution in [0.25, 0.3) is 0 Å². The van der Waals surface area contributed by atoms with Crippen LogP contribution in [0.2, 0.25) is 0 Å². The van der Waals surface area contributed by atoms with Crippen molar-refractivity contribution in [3.8, 4) is 0 Å². The number of aromatic nitrogens is 2. The van der Waals surface area contributed by atoms with Gasteiger partial charge in [-0.25, -0.2) is 4.79 Å². The van der Waals surface area contributed by atoms with Gasteiger partial charge < -0.3 is 14.6 Å². The second-order valence-electron chi connectivity index (χ2n) is 4.34. The number of rotatable bonds is 2. The van der Waals surface area contributed by atoms with E-state index in [9.17, 15) is 9.59 Å². The van der Waals surface area contributed by atoms with Gasteiger partial charge in [0, 0.05) is 13.2 Å². The van der Waals surface area contributed by atoms with Crippen molar-refractivity contribution in [3.05, 3.63) is 31.5 Å². The molecule has 0 saturated carbocycles. The first kappa shape index (κ1) is 12.1. The molecular formula is C10H11BrN2O5. The summed E-state index contributed by atoms with van der Waals surface area (Å²) in [5.41, 5.74) is -0.873. The van der Waals surface area contributed by atoms with Gasteiger partial charge in [0.05, 0.1) is 11.1 Å². The molecule has 0 radical (unpaired) electrons. The summed E-state index contributed by atoms with van der Waals surface area (Å²) < 4.78 is 13.5. The van der Waals surface area contributed by atoms with Gasteiger partial charge in [-0.15, -0.1) is 0 Å². The fourth-order valence-corrected chi connectivity index (χ4v) is 2.69. The molecule has 1 aromatic rings. The number of hydrogen-bond donors (Lipinski definition) is 1. The maximum absolute atomic E-state index is 12.0. The van der Waals surface area contributed by atoms with Crippen LogP contribution in [0.15, 0.2) is 20.3 Å². The highest BCUT2D eigenvalue weighted by Crippen LogP contribution is 2.44. The highest BCUT2D eigenvalue weighted by atomic mass is 79.9. The van der Waals surface area contributed by atoms with Gasteiger partial charge in [-0.1, -0.05) is 0 Å². The molecule has 8 heteroatoms. The van der Waals surface area contributed by atoms with Crippen molar-refractivity contribution in [2.75, 3.05) is 6.61 Å². The van der Waals surface area contributed by atoms with E-state index in [1.54, 1.807) is 0 Å². The SMILES string of the molecule is Cn1c(=O)c(Br)cn([C@H]2O[C@@H](CO)[C@@H]3O[C@H]32)c1=O. The topological polar surface area (TPSA) is 86.0 Å². The van der Waals surface area contributed by atoms with Crippen molar-refractivity contribution in [1.29, 1.82) is 0 Å².